The number of imidazole rings is 2. The zero-order valence-corrected chi connectivity index (χ0v) is 64.5. The third-order valence-corrected chi connectivity index (χ3v) is 20.4. The summed E-state index contributed by atoms with van der Waals surface area (Å²) < 4.78 is 16.3. The molecule has 0 aliphatic carbocycles. The van der Waals surface area contributed by atoms with Gasteiger partial charge in [-0.15, -0.1) is 40.8 Å². The Labute approximate surface area is 690 Å². The van der Waals surface area contributed by atoms with Gasteiger partial charge in [0.15, 0.2) is 46.6 Å². The fourth-order valence-corrected chi connectivity index (χ4v) is 14.8. The summed E-state index contributed by atoms with van der Waals surface area (Å²) in [5, 5.41) is 47.0. The molecule has 14 aromatic carbocycles. The predicted octanol–water partition coefficient (Wildman–Crippen LogP) is 21.5. The summed E-state index contributed by atoms with van der Waals surface area (Å²) in [6.07, 6.45) is 13.0. The van der Waals surface area contributed by atoms with Crippen LogP contribution < -0.4 is 0 Å². The maximum absolute atomic E-state index is 4.68. The predicted molar refractivity (Wildman–Crippen MR) is 472 cm³/mol. The van der Waals surface area contributed by atoms with Crippen LogP contribution in [0.4, 0.5) is 0 Å². The second-order valence-electron chi connectivity index (χ2n) is 27.7. The van der Waals surface area contributed by atoms with Crippen LogP contribution in [-0.2, 0) is 0 Å². The van der Waals surface area contributed by atoms with Crippen LogP contribution in [0.3, 0.4) is 0 Å². The first-order valence-electron chi connectivity index (χ1n) is 39.1. The standard InChI is InChI=1S/2C27H19N5.2C23H17N5/c1-3-11-20(12-4-1)26-29-30-27(31(26)22-14-5-2-6-15-22)23-16-8-10-18-25(23)32-24-17-9-7-13-21(24)19-28-32;1-3-11-20(12-4-1)26-29-30-27(32(26)21-13-5-2-6-14-21)22-15-7-9-17-24(22)31-19-28-23-16-8-10-18-25(23)31;1-3-10-18(11-4-1)22-25-26-23(28(22)19-12-5-2-6-13-19)20-14-7-8-15-21(20)27-17-9-16-24-27;1-3-9-18(10-4-1)22-25-26-23(28(22)19-11-5-2-6-12-19)20-13-7-8-14-21(20)27-16-15-24-17-27/h2*1-19H;2*1-17H. The lowest BCUT2D eigenvalue weighted by Gasteiger charge is -2.14. The number of hydrogen-bond donors (Lipinski definition) is 0. The van der Waals surface area contributed by atoms with E-state index < -0.39 is 0 Å². The maximum Gasteiger partial charge on any atom is 0.171 e. The van der Waals surface area contributed by atoms with Gasteiger partial charge in [0.05, 0.1) is 51.8 Å². The zero-order chi connectivity index (χ0) is 80.2. The second kappa shape index (κ2) is 34.0. The van der Waals surface area contributed by atoms with Crippen molar-refractivity contribution in [3.63, 3.8) is 0 Å². The Bertz CT molecular complexity index is 6700. The molecule has 0 radical (unpaired) electrons. The molecule has 0 saturated heterocycles. The molecule has 0 bridgehead atoms. The number of fused-ring (bicyclic) bond motifs is 2. The molecule has 0 fully saturated rings. The Hall–Kier alpha value is -17.0. The van der Waals surface area contributed by atoms with Crippen molar-refractivity contribution in [3.05, 3.63) is 438 Å². The second-order valence-corrected chi connectivity index (χ2v) is 27.7. The molecule has 8 aromatic heterocycles. The van der Waals surface area contributed by atoms with Crippen molar-refractivity contribution in [1.82, 2.24) is 97.7 Å². The number of benzene rings is 14. The smallest absolute Gasteiger partial charge is 0.171 e. The first-order valence-corrected chi connectivity index (χ1v) is 39.1. The van der Waals surface area contributed by atoms with E-state index in [0.717, 1.165) is 159 Å². The van der Waals surface area contributed by atoms with Crippen molar-refractivity contribution >= 4 is 21.9 Å². The number of para-hydroxylation sites is 11. The summed E-state index contributed by atoms with van der Waals surface area (Å²) in [4.78, 5) is 8.77. The van der Waals surface area contributed by atoms with Gasteiger partial charge in [-0.25, -0.2) is 19.3 Å². The van der Waals surface area contributed by atoms with Gasteiger partial charge >= 0.3 is 0 Å². The zero-order valence-electron chi connectivity index (χ0n) is 64.5. The summed E-state index contributed by atoms with van der Waals surface area (Å²) in [6.45, 7) is 0. The SMILES string of the molecule is c1ccc(-c2nnc(-c3ccccc3-n3cccn3)n2-c2ccccc2)cc1.c1ccc(-c2nnc(-c3ccccc3-n3ccnc3)n2-c2ccccc2)cc1.c1ccc(-c2nnc(-c3ccccc3-n3cnc4ccccc43)n2-c2ccccc2)cc1.c1ccc(-c2nnc(-c3ccccc3-n3ncc4ccccc43)n2-c2ccccc2)cc1. The highest BCUT2D eigenvalue weighted by atomic mass is 15.3. The normalized spacial score (nSPS) is 11.0. The Morgan fingerprint density at radius 3 is 0.975 bits per heavy atom. The highest BCUT2D eigenvalue weighted by molar-refractivity contribution is 5.85. The third-order valence-electron chi connectivity index (χ3n) is 20.4. The van der Waals surface area contributed by atoms with Crippen LogP contribution in [0.5, 0.6) is 0 Å². The van der Waals surface area contributed by atoms with Gasteiger partial charge in [0.1, 0.15) is 6.33 Å². The van der Waals surface area contributed by atoms with Gasteiger partial charge in [-0.2, -0.15) is 10.2 Å². The van der Waals surface area contributed by atoms with Crippen molar-refractivity contribution in [2.75, 3.05) is 0 Å². The van der Waals surface area contributed by atoms with E-state index in [4.69, 9.17) is 0 Å². The van der Waals surface area contributed by atoms with Crippen LogP contribution in [-0.4, -0.2) is 97.7 Å². The van der Waals surface area contributed by atoms with E-state index >= 15 is 0 Å². The fraction of sp³-hybridized carbons (Fsp3) is 0. The Morgan fingerprint density at radius 2 is 0.558 bits per heavy atom. The van der Waals surface area contributed by atoms with E-state index in [1.54, 1.807) is 18.7 Å². The van der Waals surface area contributed by atoms with Crippen LogP contribution in [0.2, 0.25) is 0 Å². The molecule has 0 aliphatic rings. The van der Waals surface area contributed by atoms with Crippen molar-refractivity contribution < 1.29 is 0 Å². The van der Waals surface area contributed by atoms with Crippen LogP contribution in [0.25, 0.3) is 159 Å². The minimum absolute atomic E-state index is 0.769. The largest absolute Gasteiger partial charge is 0.306 e. The molecule has 22 aromatic rings. The lowest BCUT2D eigenvalue weighted by Crippen LogP contribution is -2.04. The molecule has 0 N–H and O–H groups in total. The van der Waals surface area contributed by atoms with Crippen LogP contribution in [0.15, 0.2) is 438 Å². The summed E-state index contributed by atoms with van der Waals surface area (Å²) >= 11 is 0. The third kappa shape index (κ3) is 14.8. The molecule has 22 rings (SSSR count). The van der Waals surface area contributed by atoms with Gasteiger partial charge in [0.2, 0.25) is 0 Å². The van der Waals surface area contributed by atoms with Gasteiger partial charge in [-0.3, -0.25) is 22.8 Å². The van der Waals surface area contributed by atoms with Gasteiger partial charge in [0, 0.05) is 97.4 Å². The average molecular weight is 1550 g/mol. The lowest BCUT2D eigenvalue weighted by molar-refractivity contribution is 0.878. The summed E-state index contributed by atoms with van der Waals surface area (Å²) in [5.74, 6) is 6.32. The van der Waals surface area contributed by atoms with E-state index in [9.17, 15) is 0 Å². The molecule has 0 atom stereocenters. The molecular formula is C100H72N20. The monoisotopic (exact) mass is 1550 g/mol. The molecule has 0 spiro atoms. The molecule has 0 saturated carbocycles. The maximum atomic E-state index is 4.68. The van der Waals surface area contributed by atoms with Crippen LogP contribution in [0.1, 0.15) is 0 Å². The van der Waals surface area contributed by atoms with Crippen molar-refractivity contribution in [3.8, 4) is 137 Å². The summed E-state index contributed by atoms with van der Waals surface area (Å²) in [5.41, 5.74) is 19.0. The number of aromatic nitrogens is 20. The Kier molecular flexibility index (Phi) is 20.7. The van der Waals surface area contributed by atoms with E-state index in [2.05, 4.69) is 229 Å². The molecule has 8 heterocycles. The number of hydrogen-bond acceptors (Lipinski definition) is 12. The van der Waals surface area contributed by atoms with Gasteiger partial charge in [0.25, 0.3) is 0 Å². The van der Waals surface area contributed by atoms with E-state index in [1.807, 2.05) is 288 Å². The van der Waals surface area contributed by atoms with Crippen molar-refractivity contribution in [2.45, 2.75) is 0 Å². The molecule has 20 nitrogen and oxygen atoms in total. The summed E-state index contributed by atoms with van der Waals surface area (Å²) in [7, 11) is 0. The first kappa shape index (κ1) is 73.2. The van der Waals surface area contributed by atoms with E-state index in [0.29, 0.717) is 0 Å². The van der Waals surface area contributed by atoms with E-state index in [-0.39, 0.29) is 0 Å². The highest BCUT2D eigenvalue weighted by Gasteiger charge is 2.26. The first-order chi connectivity index (χ1) is 59.6. The molecule has 572 valence electrons. The number of rotatable bonds is 16. The van der Waals surface area contributed by atoms with Crippen LogP contribution in [0, 0.1) is 0 Å². The minimum atomic E-state index is 0.769. The van der Waals surface area contributed by atoms with Gasteiger partial charge < -0.3 is 4.57 Å². The van der Waals surface area contributed by atoms with Crippen LogP contribution >= 0.6 is 0 Å². The Morgan fingerprint density at radius 1 is 0.225 bits per heavy atom. The Balaban J connectivity index is 0.000000106. The molecule has 0 amide bonds. The quantitative estimate of drug-likeness (QED) is 0.0889. The van der Waals surface area contributed by atoms with Gasteiger partial charge in [-0.1, -0.05) is 273 Å². The minimum Gasteiger partial charge on any atom is -0.306 e. The molecule has 120 heavy (non-hydrogen) atoms. The topological polar surface area (TPSA) is 194 Å². The highest BCUT2D eigenvalue weighted by Crippen LogP contribution is 2.38. The average Bonchev–Trinajstić information content (AvgIpc) is 1.60. The summed E-state index contributed by atoms with van der Waals surface area (Å²) in [6, 6.07) is 132. The van der Waals surface area contributed by atoms with Gasteiger partial charge in [-0.05, 0) is 121 Å². The van der Waals surface area contributed by atoms with Crippen molar-refractivity contribution in [2.24, 2.45) is 0 Å². The molecular weight excluding hydrogens is 1480 g/mol. The molecule has 0 unspecified atom stereocenters. The molecule has 20 heteroatoms. The number of nitrogens with zero attached hydrogens (tertiary/aromatic N) is 20. The van der Waals surface area contributed by atoms with Crippen molar-refractivity contribution in [1.29, 1.82) is 0 Å². The lowest BCUT2D eigenvalue weighted by atomic mass is 10.1. The van der Waals surface area contributed by atoms with E-state index in [1.165, 1.54) is 0 Å². The molecule has 0 aliphatic heterocycles. The fourth-order valence-electron chi connectivity index (χ4n) is 14.8.